The van der Waals surface area contributed by atoms with Crippen LogP contribution in [0.5, 0.6) is 0 Å². The first-order chi connectivity index (χ1) is 15.7. The van der Waals surface area contributed by atoms with E-state index >= 15 is 0 Å². The minimum absolute atomic E-state index is 0.0805. The first-order valence-electron chi connectivity index (χ1n) is 11.9. The monoisotopic (exact) mass is 459 g/mol. The molecule has 9 heteroatoms. The summed E-state index contributed by atoms with van der Waals surface area (Å²) in [5, 5.41) is 2.41. The Bertz CT molecular complexity index is 1090. The van der Waals surface area contributed by atoms with Crippen molar-refractivity contribution in [2.24, 2.45) is 5.41 Å². The summed E-state index contributed by atoms with van der Waals surface area (Å²) in [5.41, 5.74) is 0.861. The molecule has 3 heterocycles. The first kappa shape index (κ1) is 23.5. The summed E-state index contributed by atoms with van der Waals surface area (Å²) in [6.45, 7) is 7.99. The Hall–Kier alpha value is -2.68. The number of nitrogens with zero attached hydrogens (tertiary/aromatic N) is 3. The zero-order valence-corrected chi connectivity index (χ0v) is 19.7. The van der Waals surface area contributed by atoms with E-state index in [0.717, 1.165) is 32.4 Å². The molecule has 0 aliphatic carbocycles. The number of carbonyl (C=O) groups is 2. The molecule has 180 valence electrons. The number of hydrogen-bond donors (Lipinski definition) is 2. The topological polar surface area (TPSA) is 90.4 Å². The normalized spacial score (nSPS) is 19.7. The Kier molecular flexibility index (Phi) is 6.61. The predicted octanol–water partition coefficient (Wildman–Crippen LogP) is 2.50. The standard InChI is InChI=1S/C24H34FN5O3/c1-4-24(2)7-11-29(12-8-24)21(31)15-28-9-5-16(6-10-28)30-20-14-18(25)17(22(32)26-3)13-19(20)27-23(30)33/h13-14,16H,4-12,15H2,1-3H3,(H,26,32)(H,27,33). The van der Waals surface area contributed by atoms with E-state index in [9.17, 15) is 18.8 Å². The van der Waals surface area contributed by atoms with Crippen LogP contribution in [0, 0.1) is 11.2 Å². The molecule has 33 heavy (non-hydrogen) atoms. The molecule has 2 aliphatic heterocycles. The number of carbonyl (C=O) groups excluding carboxylic acids is 2. The maximum atomic E-state index is 14.5. The number of hydrogen-bond acceptors (Lipinski definition) is 4. The molecule has 0 bridgehead atoms. The molecular formula is C24H34FN5O3. The summed E-state index contributed by atoms with van der Waals surface area (Å²) in [4.78, 5) is 44.2. The van der Waals surface area contributed by atoms with Crippen molar-refractivity contribution in [2.45, 2.75) is 52.0 Å². The predicted molar refractivity (Wildman–Crippen MR) is 125 cm³/mol. The second kappa shape index (κ2) is 9.29. The van der Waals surface area contributed by atoms with E-state index in [1.807, 2.05) is 4.90 Å². The van der Waals surface area contributed by atoms with Crippen LogP contribution in [0.15, 0.2) is 16.9 Å². The highest BCUT2D eigenvalue weighted by Crippen LogP contribution is 2.34. The van der Waals surface area contributed by atoms with Gasteiger partial charge in [-0.05, 0) is 37.2 Å². The van der Waals surface area contributed by atoms with Crippen LogP contribution in [-0.4, -0.2) is 70.9 Å². The van der Waals surface area contributed by atoms with Gasteiger partial charge in [-0.1, -0.05) is 20.3 Å². The first-order valence-corrected chi connectivity index (χ1v) is 11.9. The Morgan fingerprint density at radius 3 is 2.45 bits per heavy atom. The number of piperidine rings is 2. The van der Waals surface area contributed by atoms with E-state index in [2.05, 4.69) is 29.0 Å². The smallest absolute Gasteiger partial charge is 0.326 e. The van der Waals surface area contributed by atoms with Crippen LogP contribution >= 0.6 is 0 Å². The molecule has 1 aromatic carbocycles. The van der Waals surface area contributed by atoms with Gasteiger partial charge in [-0.15, -0.1) is 0 Å². The number of halogens is 1. The van der Waals surface area contributed by atoms with Gasteiger partial charge in [-0.2, -0.15) is 0 Å². The van der Waals surface area contributed by atoms with Gasteiger partial charge >= 0.3 is 5.69 Å². The third-order valence-corrected chi connectivity index (χ3v) is 7.73. The molecular weight excluding hydrogens is 425 g/mol. The fourth-order valence-corrected chi connectivity index (χ4v) is 5.09. The number of rotatable bonds is 5. The molecule has 1 aromatic heterocycles. The number of fused-ring (bicyclic) bond motifs is 1. The average Bonchev–Trinajstić information content (AvgIpc) is 3.13. The zero-order valence-electron chi connectivity index (χ0n) is 19.7. The molecule has 2 saturated heterocycles. The van der Waals surface area contributed by atoms with Gasteiger partial charge in [0.05, 0.1) is 23.1 Å². The zero-order chi connectivity index (χ0) is 23.8. The lowest BCUT2D eigenvalue weighted by atomic mass is 9.78. The highest BCUT2D eigenvalue weighted by atomic mass is 19.1. The molecule has 0 radical (unpaired) electrons. The molecule has 2 N–H and O–H groups in total. The van der Waals surface area contributed by atoms with Crippen molar-refractivity contribution >= 4 is 22.8 Å². The Morgan fingerprint density at radius 1 is 1.18 bits per heavy atom. The number of H-pyrrole nitrogens is 1. The van der Waals surface area contributed by atoms with Crippen LogP contribution in [0.2, 0.25) is 0 Å². The van der Waals surface area contributed by atoms with Crippen LogP contribution in [0.1, 0.15) is 62.4 Å². The highest BCUT2D eigenvalue weighted by Gasteiger charge is 2.32. The Labute approximate surface area is 193 Å². The van der Waals surface area contributed by atoms with Crippen molar-refractivity contribution in [1.29, 1.82) is 0 Å². The number of aromatic nitrogens is 2. The number of aromatic amines is 1. The molecule has 2 amide bonds. The van der Waals surface area contributed by atoms with Crippen molar-refractivity contribution in [3.05, 3.63) is 34.0 Å². The third kappa shape index (κ3) is 4.69. The Balaban J connectivity index is 1.39. The lowest BCUT2D eigenvalue weighted by molar-refractivity contribution is -0.135. The minimum atomic E-state index is -0.654. The summed E-state index contributed by atoms with van der Waals surface area (Å²) in [5.74, 6) is -1.01. The summed E-state index contributed by atoms with van der Waals surface area (Å²) in [6.07, 6.45) is 4.66. The molecule has 0 saturated carbocycles. The van der Waals surface area contributed by atoms with E-state index in [1.165, 1.54) is 19.2 Å². The quantitative estimate of drug-likeness (QED) is 0.719. The van der Waals surface area contributed by atoms with Gasteiger partial charge in [0.2, 0.25) is 5.91 Å². The van der Waals surface area contributed by atoms with Gasteiger partial charge in [0.25, 0.3) is 5.91 Å². The van der Waals surface area contributed by atoms with Crippen LogP contribution < -0.4 is 11.0 Å². The SMILES string of the molecule is CCC1(C)CCN(C(=O)CN2CCC(n3c(=O)[nH]c4cc(C(=O)NC)c(F)cc43)CC2)CC1. The lowest BCUT2D eigenvalue weighted by Gasteiger charge is -2.40. The molecule has 0 spiro atoms. The summed E-state index contributed by atoms with van der Waals surface area (Å²) in [7, 11) is 1.44. The molecule has 0 atom stereocenters. The number of nitrogens with one attached hydrogen (secondary N) is 2. The molecule has 2 fully saturated rings. The number of likely N-dealkylation sites (tertiary alicyclic amines) is 2. The van der Waals surface area contributed by atoms with Gasteiger partial charge < -0.3 is 15.2 Å². The van der Waals surface area contributed by atoms with E-state index < -0.39 is 11.7 Å². The van der Waals surface area contributed by atoms with Crippen molar-refractivity contribution < 1.29 is 14.0 Å². The van der Waals surface area contributed by atoms with E-state index in [4.69, 9.17) is 0 Å². The molecule has 2 aliphatic rings. The van der Waals surface area contributed by atoms with Crippen molar-refractivity contribution in [2.75, 3.05) is 39.8 Å². The van der Waals surface area contributed by atoms with Gasteiger partial charge in [0.15, 0.2) is 0 Å². The van der Waals surface area contributed by atoms with Crippen LogP contribution in [-0.2, 0) is 4.79 Å². The summed E-state index contributed by atoms with van der Waals surface area (Å²) < 4.78 is 16.1. The fourth-order valence-electron chi connectivity index (χ4n) is 5.09. The van der Waals surface area contributed by atoms with Crippen molar-refractivity contribution in [3.63, 3.8) is 0 Å². The van der Waals surface area contributed by atoms with Crippen LogP contribution in [0.3, 0.4) is 0 Å². The second-order valence-corrected chi connectivity index (χ2v) is 9.78. The number of benzene rings is 1. The van der Waals surface area contributed by atoms with Gasteiger partial charge in [0, 0.05) is 45.3 Å². The fraction of sp³-hybridized carbons (Fsp3) is 0.625. The van der Waals surface area contributed by atoms with Crippen LogP contribution in [0.4, 0.5) is 4.39 Å². The summed E-state index contributed by atoms with van der Waals surface area (Å²) in [6, 6.07) is 2.56. The number of amides is 2. The van der Waals surface area contributed by atoms with E-state index in [1.54, 1.807) is 4.57 Å². The van der Waals surface area contributed by atoms with Gasteiger partial charge in [0.1, 0.15) is 5.82 Å². The van der Waals surface area contributed by atoms with Crippen molar-refractivity contribution in [1.82, 2.24) is 24.7 Å². The average molecular weight is 460 g/mol. The van der Waals surface area contributed by atoms with E-state index in [0.29, 0.717) is 48.9 Å². The number of imidazole rings is 1. The van der Waals surface area contributed by atoms with Crippen LogP contribution in [0.25, 0.3) is 11.0 Å². The maximum absolute atomic E-state index is 14.5. The van der Waals surface area contributed by atoms with E-state index in [-0.39, 0.29) is 23.2 Å². The molecule has 2 aromatic rings. The van der Waals surface area contributed by atoms with Crippen molar-refractivity contribution in [3.8, 4) is 0 Å². The highest BCUT2D eigenvalue weighted by molar-refractivity contribution is 5.97. The molecule has 0 unspecified atom stereocenters. The molecule has 8 nitrogen and oxygen atoms in total. The maximum Gasteiger partial charge on any atom is 0.326 e. The van der Waals surface area contributed by atoms with Gasteiger partial charge in [-0.3, -0.25) is 19.1 Å². The minimum Gasteiger partial charge on any atom is -0.355 e. The van der Waals surface area contributed by atoms with Gasteiger partial charge in [-0.25, -0.2) is 9.18 Å². The Morgan fingerprint density at radius 2 is 1.85 bits per heavy atom. The third-order valence-electron chi connectivity index (χ3n) is 7.73. The summed E-state index contributed by atoms with van der Waals surface area (Å²) >= 11 is 0. The molecule has 4 rings (SSSR count). The lowest BCUT2D eigenvalue weighted by Crippen LogP contribution is -2.47. The second-order valence-electron chi connectivity index (χ2n) is 9.78. The largest absolute Gasteiger partial charge is 0.355 e.